The Labute approximate surface area is 202 Å². The molecule has 4 aromatic rings. The lowest BCUT2D eigenvalue weighted by Crippen LogP contribution is -2.30. The Morgan fingerprint density at radius 1 is 1.06 bits per heavy atom. The van der Waals surface area contributed by atoms with Gasteiger partial charge >= 0.3 is 0 Å². The highest BCUT2D eigenvalue weighted by Crippen LogP contribution is 2.43. The molecule has 4 heterocycles. The molecule has 1 N–H and O–H groups in total. The minimum absolute atomic E-state index is 0.168. The summed E-state index contributed by atoms with van der Waals surface area (Å²) in [4.78, 5) is 11.3. The zero-order valence-electron chi connectivity index (χ0n) is 18.1. The highest BCUT2D eigenvalue weighted by molar-refractivity contribution is 7.80. The molecule has 6 nitrogen and oxygen atoms in total. The zero-order valence-corrected chi connectivity index (χ0v) is 19.7. The summed E-state index contributed by atoms with van der Waals surface area (Å²) in [6.45, 7) is 2.03. The third-order valence-electron chi connectivity index (χ3n) is 5.74. The molecule has 1 aromatic carbocycles. The molecule has 2 atom stereocenters. The maximum absolute atomic E-state index is 6.48. The van der Waals surface area contributed by atoms with Gasteiger partial charge in [-0.1, -0.05) is 23.7 Å². The molecule has 1 aliphatic heterocycles. The van der Waals surface area contributed by atoms with Crippen molar-refractivity contribution in [2.75, 3.05) is 12.0 Å². The standard InChI is InChI=1S/C25H22ClN5OS/c1-16-8-11-22(28-15-16)30-13-5-7-20(30)24-23(19-6-3-4-12-27-19)29-25(33)31(24)17-9-10-21(32-2)18(26)14-17/h3-15,23-24H,1-2H3,(H,29,33)/t23-,24+/m1/s1. The van der Waals surface area contributed by atoms with Crippen molar-refractivity contribution in [3.8, 4) is 11.6 Å². The lowest BCUT2D eigenvalue weighted by atomic mass is 10.0. The number of benzene rings is 1. The number of nitrogens with zero attached hydrogens (tertiary/aromatic N) is 4. The lowest BCUT2D eigenvalue weighted by Gasteiger charge is -2.29. The van der Waals surface area contributed by atoms with E-state index in [0.717, 1.165) is 28.5 Å². The summed E-state index contributed by atoms with van der Waals surface area (Å²) in [6.07, 6.45) is 5.68. The van der Waals surface area contributed by atoms with E-state index in [-0.39, 0.29) is 12.1 Å². The van der Waals surface area contributed by atoms with Crippen LogP contribution in [0.25, 0.3) is 5.82 Å². The van der Waals surface area contributed by atoms with Gasteiger partial charge in [-0.25, -0.2) is 4.98 Å². The summed E-state index contributed by atoms with van der Waals surface area (Å²) in [5.74, 6) is 1.45. The fraction of sp³-hybridized carbons (Fsp3) is 0.160. The van der Waals surface area contributed by atoms with Gasteiger partial charge in [0.2, 0.25) is 0 Å². The van der Waals surface area contributed by atoms with E-state index in [0.29, 0.717) is 15.9 Å². The fourth-order valence-electron chi connectivity index (χ4n) is 4.18. The van der Waals surface area contributed by atoms with Gasteiger partial charge in [0.25, 0.3) is 0 Å². The fourth-order valence-corrected chi connectivity index (χ4v) is 4.78. The second-order valence-electron chi connectivity index (χ2n) is 7.81. The van der Waals surface area contributed by atoms with Gasteiger partial charge < -0.3 is 19.5 Å². The molecule has 33 heavy (non-hydrogen) atoms. The topological polar surface area (TPSA) is 55.2 Å². The molecule has 0 unspecified atom stereocenters. The van der Waals surface area contributed by atoms with Gasteiger partial charge in [-0.2, -0.15) is 0 Å². The normalized spacial score (nSPS) is 17.8. The third-order valence-corrected chi connectivity index (χ3v) is 6.35. The van der Waals surface area contributed by atoms with Crippen molar-refractivity contribution in [3.05, 3.63) is 101 Å². The molecule has 8 heteroatoms. The Morgan fingerprint density at radius 2 is 1.94 bits per heavy atom. The first kappa shape index (κ1) is 21.4. The van der Waals surface area contributed by atoms with E-state index >= 15 is 0 Å². The minimum atomic E-state index is -0.185. The summed E-state index contributed by atoms with van der Waals surface area (Å²) < 4.78 is 7.44. The smallest absolute Gasteiger partial charge is 0.174 e. The SMILES string of the molecule is COc1ccc(N2C(=S)N[C@H](c3ccccn3)[C@@H]2c2cccn2-c2ccc(C)cn2)cc1Cl. The van der Waals surface area contributed by atoms with E-state index in [1.54, 1.807) is 13.3 Å². The summed E-state index contributed by atoms with van der Waals surface area (Å²) in [5, 5.41) is 4.60. The molecule has 0 spiro atoms. The Morgan fingerprint density at radius 3 is 2.64 bits per heavy atom. The Hall–Kier alpha value is -3.42. The van der Waals surface area contributed by atoms with Crippen LogP contribution < -0.4 is 15.0 Å². The van der Waals surface area contributed by atoms with Crippen molar-refractivity contribution in [2.45, 2.75) is 19.0 Å². The van der Waals surface area contributed by atoms with Crippen LogP contribution in [-0.4, -0.2) is 26.8 Å². The van der Waals surface area contributed by atoms with Gasteiger partial charge in [-0.15, -0.1) is 0 Å². The number of methoxy groups -OCH3 is 1. The largest absolute Gasteiger partial charge is 0.495 e. The van der Waals surface area contributed by atoms with Crippen molar-refractivity contribution < 1.29 is 4.74 Å². The van der Waals surface area contributed by atoms with Gasteiger partial charge in [-0.3, -0.25) is 4.98 Å². The first-order chi connectivity index (χ1) is 16.1. The highest BCUT2D eigenvalue weighted by Gasteiger charge is 2.42. The quantitative estimate of drug-likeness (QED) is 0.389. The Bertz CT molecular complexity index is 1290. The van der Waals surface area contributed by atoms with Gasteiger partial charge in [0.1, 0.15) is 17.6 Å². The van der Waals surface area contributed by atoms with Crippen LogP contribution in [0.15, 0.2) is 79.3 Å². The first-order valence-electron chi connectivity index (χ1n) is 10.5. The van der Waals surface area contributed by atoms with Crippen molar-refractivity contribution in [1.82, 2.24) is 19.9 Å². The average molecular weight is 476 g/mol. The monoisotopic (exact) mass is 475 g/mol. The summed E-state index contributed by atoms with van der Waals surface area (Å²) >= 11 is 12.3. The molecule has 0 aliphatic carbocycles. The van der Waals surface area contributed by atoms with Crippen molar-refractivity contribution in [2.24, 2.45) is 0 Å². The van der Waals surface area contributed by atoms with Gasteiger partial charge in [0.05, 0.1) is 23.9 Å². The molecule has 0 radical (unpaired) electrons. The van der Waals surface area contributed by atoms with Crippen LogP contribution in [0.2, 0.25) is 5.02 Å². The number of thiocarbonyl (C=S) groups is 1. The van der Waals surface area contributed by atoms with E-state index < -0.39 is 0 Å². The molecule has 5 rings (SSSR count). The molecule has 1 saturated heterocycles. The molecular weight excluding hydrogens is 454 g/mol. The minimum Gasteiger partial charge on any atom is -0.495 e. The molecule has 1 aliphatic rings. The predicted octanol–water partition coefficient (Wildman–Crippen LogP) is 5.41. The Balaban J connectivity index is 1.66. The third kappa shape index (κ3) is 3.94. The second kappa shape index (κ2) is 8.84. The number of hydrogen-bond acceptors (Lipinski definition) is 4. The number of aryl methyl sites for hydroxylation is 1. The second-order valence-corrected chi connectivity index (χ2v) is 8.61. The van der Waals surface area contributed by atoms with Crippen molar-refractivity contribution in [3.63, 3.8) is 0 Å². The number of hydrogen-bond donors (Lipinski definition) is 1. The molecule has 3 aromatic heterocycles. The van der Waals surface area contributed by atoms with Crippen LogP contribution in [0.1, 0.15) is 29.0 Å². The molecule has 0 bridgehead atoms. The number of ether oxygens (including phenoxy) is 1. The summed E-state index contributed by atoms with van der Waals surface area (Å²) in [7, 11) is 1.60. The van der Waals surface area contributed by atoms with Gasteiger partial charge in [0.15, 0.2) is 5.11 Å². The van der Waals surface area contributed by atoms with E-state index in [9.17, 15) is 0 Å². The summed E-state index contributed by atoms with van der Waals surface area (Å²) in [5.41, 5.74) is 3.90. The van der Waals surface area contributed by atoms with Crippen LogP contribution in [-0.2, 0) is 0 Å². The van der Waals surface area contributed by atoms with E-state index in [1.165, 1.54) is 0 Å². The Kier molecular flexibility index (Phi) is 5.74. The van der Waals surface area contributed by atoms with Gasteiger partial charge in [-0.05, 0) is 73.2 Å². The van der Waals surface area contributed by atoms with E-state index in [1.807, 2.05) is 67.8 Å². The number of pyridine rings is 2. The molecule has 0 saturated carbocycles. The maximum atomic E-state index is 6.48. The average Bonchev–Trinajstić information content (AvgIpc) is 3.44. The lowest BCUT2D eigenvalue weighted by molar-refractivity contribution is 0.415. The predicted molar refractivity (Wildman–Crippen MR) is 134 cm³/mol. The zero-order chi connectivity index (χ0) is 22.9. The number of halogens is 1. The number of nitrogens with one attached hydrogen (secondary N) is 1. The van der Waals surface area contributed by atoms with Crippen LogP contribution >= 0.6 is 23.8 Å². The number of aromatic nitrogens is 3. The molecular formula is C25H22ClN5OS. The van der Waals surface area contributed by atoms with Crippen LogP contribution in [0.5, 0.6) is 5.75 Å². The van der Waals surface area contributed by atoms with Crippen LogP contribution in [0, 0.1) is 6.92 Å². The summed E-state index contributed by atoms with van der Waals surface area (Å²) in [6, 6.07) is 19.4. The van der Waals surface area contributed by atoms with Gasteiger partial charge in [0, 0.05) is 30.0 Å². The molecule has 0 amide bonds. The first-order valence-corrected chi connectivity index (χ1v) is 11.3. The van der Waals surface area contributed by atoms with E-state index in [4.69, 9.17) is 28.6 Å². The molecule has 1 fully saturated rings. The maximum Gasteiger partial charge on any atom is 0.174 e. The van der Waals surface area contributed by atoms with Crippen molar-refractivity contribution in [1.29, 1.82) is 0 Å². The number of rotatable bonds is 5. The van der Waals surface area contributed by atoms with Crippen LogP contribution in [0.3, 0.4) is 0 Å². The number of anilines is 1. The van der Waals surface area contributed by atoms with Crippen molar-refractivity contribution >= 4 is 34.6 Å². The van der Waals surface area contributed by atoms with Crippen LogP contribution in [0.4, 0.5) is 5.69 Å². The van der Waals surface area contributed by atoms with E-state index in [2.05, 4.69) is 36.9 Å². The highest BCUT2D eigenvalue weighted by atomic mass is 35.5. The molecule has 166 valence electrons.